The molecule has 2 aromatic carbocycles. The molecule has 5 heteroatoms. The van der Waals surface area contributed by atoms with Crippen molar-refractivity contribution in [3.63, 3.8) is 0 Å². The van der Waals surface area contributed by atoms with Gasteiger partial charge in [-0.05, 0) is 30.3 Å². The summed E-state index contributed by atoms with van der Waals surface area (Å²) >= 11 is 7.45. The number of para-hydroxylation sites is 1. The molecular weight excluding hydrogens is 292 g/mol. The second-order valence-electron chi connectivity index (χ2n) is 4.19. The minimum absolute atomic E-state index is 0.00991. The minimum atomic E-state index is -0.00991. The molecule has 2 rings (SSSR count). The number of thioether (sulfide) groups is 1. The molecule has 20 heavy (non-hydrogen) atoms. The van der Waals surface area contributed by atoms with Crippen LogP contribution in [-0.4, -0.2) is 11.7 Å². The molecule has 0 aromatic heterocycles. The SMILES string of the molecule is Nc1ccc(Cl)cc1SCCC(=O)Nc1ccccc1. The third kappa shape index (κ3) is 4.47. The predicted octanol–water partition coefficient (Wildman–Crippen LogP) is 4.04. The first kappa shape index (κ1) is 14.8. The number of anilines is 2. The van der Waals surface area contributed by atoms with E-state index < -0.39 is 0 Å². The van der Waals surface area contributed by atoms with Crippen molar-refractivity contribution in [3.8, 4) is 0 Å². The number of hydrogen-bond donors (Lipinski definition) is 2. The molecule has 3 nitrogen and oxygen atoms in total. The molecule has 2 aromatic rings. The lowest BCUT2D eigenvalue weighted by Crippen LogP contribution is -2.11. The normalized spacial score (nSPS) is 10.2. The number of rotatable bonds is 5. The van der Waals surface area contributed by atoms with Gasteiger partial charge in [-0.2, -0.15) is 0 Å². The van der Waals surface area contributed by atoms with Gasteiger partial charge in [0, 0.05) is 33.5 Å². The number of nitrogens with two attached hydrogens (primary N) is 1. The maximum atomic E-state index is 11.8. The smallest absolute Gasteiger partial charge is 0.225 e. The van der Waals surface area contributed by atoms with Gasteiger partial charge in [0.2, 0.25) is 5.91 Å². The maximum Gasteiger partial charge on any atom is 0.225 e. The second kappa shape index (κ2) is 7.22. The summed E-state index contributed by atoms with van der Waals surface area (Å²) in [5.74, 6) is 0.646. The second-order valence-corrected chi connectivity index (χ2v) is 5.77. The highest BCUT2D eigenvalue weighted by atomic mass is 35.5. The zero-order chi connectivity index (χ0) is 14.4. The van der Waals surface area contributed by atoms with Gasteiger partial charge >= 0.3 is 0 Å². The average Bonchev–Trinajstić information content (AvgIpc) is 2.44. The predicted molar refractivity (Wildman–Crippen MR) is 86.3 cm³/mol. The Bertz CT molecular complexity index is 590. The molecular formula is C15H15ClN2OS. The fourth-order valence-electron chi connectivity index (χ4n) is 1.63. The van der Waals surface area contributed by atoms with Crippen LogP contribution in [0.2, 0.25) is 5.02 Å². The van der Waals surface area contributed by atoms with E-state index in [0.29, 0.717) is 22.9 Å². The van der Waals surface area contributed by atoms with Crippen molar-refractivity contribution in [3.05, 3.63) is 53.6 Å². The van der Waals surface area contributed by atoms with Crippen LogP contribution in [0.5, 0.6) is 0 Å². The van der Waals surface area contributed by atoms with E-state index >= 15 is 0 Å². The maximum absolute atomic E-state index is 11.8. The Morgan fingerprint density at radius 1 is 1.20 bits per heavy atom. The van der Waals surface area contributed by atoms with Crippen LogP contribution in [0.3, 0.4) is 0 Å². The molecule has 3 N–H and O–H groups in total. The number of halogens is 1. The summed E-state index contributed by atoms with van der Waals surface area (Å²) in [5, 5.41) is 3.49. The van der Waals surface area contributed by atoms with Gasteiger partial charge < -0.3 is 11.1 Å². The molecule has 0 aliphatic rings. The Hall–Kier alpha value is -1.65. The fourth-order valence-corrected chi connectivity index (χ4v) is 2.82. The number of amides is 1. The van der Waals surface area contributed by atoms with Crippen LogP contribution in [-0.2, 0) is 4.79 Å². The first-order valence-corrected chi connectivity index (χ1v) is 7.54. The van der Waals surface area contributed by atoms with Gasteiger partial charge in [-0.3, -0.25) is 4.79 Å². The van der Waals surface area contributed by atoms with E-state index in [1.165, 1.54) is 11.8 Å². The lowest BCUT2D eigenvalue weighted by atomic mass is 10.3. The first-order chi connectivity index (χ1) is 9.65. The highest BCUT2D eigenvalue weighted by molar-refractivity contribution is 7.99. The first-order valence-electron chi connectivity index (χ1n) is 6.18. The molecule has 0 bridgehead atoms. The largest absolute Gasteiger partial charge is 0.398 e. The Kier molecular flexibility index (Phi) is 5.32. The molecule has 0 radical (unpaired) electrons. The van der Waals surface area contributed by atoms with Crippen molar-refractivity contribution < 1.29 is 4.79 Å². The zero-order valence-electron chi connectivity index (χ0n) is 10.8. The summed E-state index contributed by atoms with van der Waals surface area (Å²) in [6.45, 7) is 0. The highest BCUT2D eigenvalue weighted by Crippen LogP contribution is 2.28. The highest BCUT2D eigenvalue weighted by Gasteiger charge is 2.05. The number of hydrogen-bond acceptors (Lipinski definition) is 3. The van der Waals surface area contributed by atoms with E-state index in [4.69, 9.17) is 17.3 Å². The molecule has 0 fully saturated rings. The quantitative estimate of drug-likeness (QED) is 0.647. The van der Waals surface area contributed by atoms with Crippen molar-refractivity contribution in [1.82, 2.24) is 0 Å². The van der Waals surface area contributed by atoms with Gasteiger partial charge in [-0.25, -0.2) is 0 Å². The average molecular weight is 307 g/mol. The minimum Gasteiger partial charge on any atom is -0.398 e. The number of carbonyl (C=O) groups excluding carboxylic acids is 1. The third-order valence-electron chi connectivity index (χ3n) is 2.62. The third-order valence-corrected chi connectivity index (χ3v) is 3.93. The number of nitrogen functional groups attached to an aromatic ring is 1. The van der Waals surface area contributed by atoms with Gasteiger partial charge in [-0.15, -0.1) is 11.8 Å². The lowest BCUT2D eigenvalue weighted by Gasteiger charge is -2.07. The van der Waals surface area contributed by atoms with Crippen molar-refractivity contribution in [2.75, 3.05) is 16.8 Å². The molecule has 0 saturated heterocycles. The molecule has 104 valence electrons. The van der Waals surface area contributed by atoms with Gasteiger partial charge in [0.1, 0.15) is 0 Å². The number of carbonyl (C=O) groups is 1. The molecule has 1 amide bonds. The number of nitrogens with one attached hydrogen (secondary N) is 1. The van der Waals surface area contributed by atoms with Gasteiger partial charge in [0.15, 0.2) is 0 Å². The molecule has 0 aliphatic carbocycles. The van der Waals surface area contributed by atoms with Crippen LogP contribution in [0, 0.1) is 0 Å². The summed E-state index contributed by atoms with van der Waals surface area (Å²) in [6.07, 6.45) is 0.422. The molecule has 0 spiro atoms. The monoisotopic (exact) mass is 306 g/mol. The summed E-state index contributed by atoms with van der Waals surface area (Å²) in [6, 6.07) is 14.7. The zero-order valence-corrected chi connectivity index (χ0v) is 12.4. The van der Waals surface area contributed by atoms with Crippen molar-refractivity contribution in [2.24, 2.45) is 0 Å². The Labute approximate surface area is 127 Å². The van der Waals surface area contributed by atoms with Crippen LogP contribution in [0.15, 0.2) is 53.4 Å². The van der Waals surface area contributed by atoms with E-state index in [9.17, 15) is 4.79 Å². The molecule has 0 atom stereocenters. The fraction of sp³-hybridized carbons (Fsp3) is 0.133. The van der Waals surface area contributed by atoms with Crippen molar-refractivity contribution >= 4 is 40.6 Å². The topological polar surface area (TPSA) is 55.1 Å². The van der Waals surface area contributed by atoms with Gasteiger partial charge in [0.05, 0.1) is 0 Å². The number of benzene rings is 2. The Morgan fingerprint density at radius 3 is 2.70 bits per heavy atom. The van der Waals surface area contributed by atoms with E-state index in [-0.39, 0.29) is 5.91 Å². The summed E-state index contributed by atoms with van der Waals surface area (Å²) in [7, 11) is 0. The van der Waals surface area contributed by atoms with Crippen LogP contribution >= 0.6 is 23.4 Å². The van der Waals surface area contributed by atoms with Crippen molar-refractivity contribution in [2.45, 2.75) is 11.3 Å². The Morgan fingerprint density at radius 2 is 1.95 bits per heavy atom. The van der Waals surface area contributed by atoms with Crippen LogP contribution in [0.1, 0.15) is 6.42 Å². The van der Waals surface area contributed by atoms with E-state index in [1.807, 2.05) is 36.4 Å². The summed E-state index contributed by atoms with van der Waals surface area (Å²) < 4.78 is 0. The Balaban J connectivity index is 1.81. The van der Waals surface area contributed by atoms with E-state index in [0.717, 1.165) is 10.6 Å². The van der Waals surface area contributed by atoms with Crippen LogP contribution < -0.4 is 11.1 Å². The standard InChI is InChI=1S/C15H15ClN2OS/c16-11-6-7-13(17)14(10-11)20-9-8-15(19)18-12-4-2-1-3-5-12/h1-7,10H,8-9,17H2,(H,18,19). The van der Waals surface area contributed by atoms with Gasteiger partial charge in [0.25, 0.3) is 0 Å². The van der Waals surface area contributed by atoms with Crippen LogP contribution in [0.4, 0.5) is 11.4 Å². The van der Waals surface area contributed by atoms with Crippen LogP contribution in [0.25, 0.3) is 0 Å². The van der Waals surface area contributed by atoms with E-state index in [1.54, 1.807) is 12.1 Å². The summed E-state index contributed by atoms with van der Waals surface area (Å²) in [4.78, 5) is 12.7. The molecule has 0 saturated carbocycles. The molecule has 0 aliphatic heterocycles. The lowest BCUT2D eigenvalue weighted by molar-refractivity contribution is -0.115. The summed E-state index contributed by atoms with van der Waals surface area (Å²) in [5.41, 5.74) is 7.34. The van der Waals surface area contributed by atoms with Gasteiger partial charge in [-0.1, -0.05) is 29.8 Å². The molecule has 0 unspecified atom stereocenters. The molecule has 0 heterocycles. The van der Waals surface area contributed by atoms with Crippen molar-refractivity contribution in [1.29, 1.82) is 0 Å². The van der Waals surface area contributed by atoms with E-state index in [2.05, 4.69) is 5.32 Å².